The van der Waals surface area contributed by atoms with E-state index in [9.17, 15) is 4.79 Å². The SMILES string of the molecule is O=C(O)c1cccc(Nc2nc[nH+]c3sc(-c4ccccc4)cc23)c1. The third-order valence-corrected chi connectivity index (χ3v) is 4.92. The molecule has 2 aromatic carbocycles. The van der Waals surface area contributed by atoms with Gasteiger partial charge in [0.25, 0.3) is 12.1 Å². The summed E-state index contributed by atoms with van der Waals surface area (Å²) in [6, 6.07) is 18.9. The van der Waals surface area contributed by atoms with E-state index in [-0.39, 0.29) is 5.56 Å². The Morgan fingerprint density at radius 2 is 1.92 bits per heavy atom. The molecule has 25 heavy (non-hydrogen) atoms. The van der Waals surface area contributed by atoms with Crippen molar-refractivity contribution in [2.75, 3.05) is 5.32 Å². The van der Waals surface area contributed by atoms with E-state index in [0.29, 0.717) is 11.5 Å². The quantitative estimate of drug-likeness (QED) is 0.579. The average Bonchev–Trinajstić information content (AvgIpc) is 3.08. The van der Waals surface area contributed by atoms with Crippen LogP contribution in [0.2, 0.25) is 0 Å². The second kappa shape index (κ2) is 6.33. The van der Waals surface area contributed by atoms with E-state index in [2.05, 4.69) is 33.5 Å². The number of rotatable bonds is 4. The van der Waals surface area contributed by atoms with Crippen LogP contribution < -0.4 is 10.3 Å². The molecule has 0 unspecified atom stereocenters. The second-order valence-electron chi connectivity index (χ2n) is 5.48. The Hall–Kier alpha value is -3.25. The van der Waals surface area contributed by atoms with Gasteiger partial charge in [0.1, 0.15) is 5.39 Å². The molecular weight excluding hydrogens is 334 g/mol. The fourth-order valence-corrected chi connectivity index (χ4v) is 3.64. The summed E-state index contributed by atoms with van der Waals surface area (Å²) in [7, 11) is 0. The number of hydrogen-bond donors (Lipinski definition) is 2. The second-order valence-corrected chi connectivity index (χ2v) is 6.53. The number of anilines is 2. The third kappa shape index (κ3) is 3.07. The van der Waals surface area contributed by atoms with Gasteiger partial charge in [-0.2, -0.15) is 0 Å². The van der Waals surface area contributed by atoms with Gasteiger partial charge < -0.3 is 10.4 Å². The van der Waals surface area contributed by atoms with Crippen molar-refractivity contribution >= 4 is 39.0 Å². The van der Waals surface area contributed by atoms with E-state index in [1.165, 1.54) is 0 Å². The van der Waals surface area contributed by atoms with Crippen LogP contribution in [0.15, 0.2) is 67.0 Å². The lowest BCUT2D eigenvalue weighted by molar-refractivity contribution is -0.346. The van der Waals surface area contributed by atoms with Crippen LogP contribution in [0, 0.1) is 0 Å². The summed E-state index contributed by atoms with van der Waals surface area (Å²) in [5.74, 6) is -0.264. The molecule has 0 amide bonds. The van der Waals surface area contributed by atoms with E-state index in [0.717, 1.165) is 20.7 Å². The monoisotopic (exact) mass is 348 g/mol. The minimum absolute atomic E-state index is 0.235. The minimum Gasteiger partial charge on any atom is -0.478 e. The molecule has 0 aliphatic rings. The first kappa shape index (κ1) is 15.3. The van der Waals surface area contributed by atoms with E-state index in [4.69, 9.17) is 5.11 Å². The van der Waals surface area contributed by atoms with Gasteiger partial charge in [-0.3, -0.25) is 0 Å². The number of nitrogens with one attached hydrogen (secondary N) is 2. The number of hydrogen-bond acceptors (Lipinski definition) is 4. The minimum atomic E-state index is -0.954. The van der Waals surface area contributed by atoms with E-state index >= 15 is 0 Å². The molecule has 0 spiro atoms. The van der Waals surface area contributed by atoms with Crippen LogP contribution in [-0.2, 0) is 0 Å². The number of carboxylic acid groups (broad SMARTS) is 1. The molecular formula is C19H14N3O2S+. The van der Waals surface area contributed by atoms with Crippen LogP contribution in [0.4, 0.5) is 11.5 Å². The molecule has 2 aromatic heterocycles. The topological polar surface area (TPSA) is 76.4 Å². The molecule has 0 aliphatic carbocycles. The van der Waals surface area contributed by atoms with Gasteiger partial charge in [-0.25, -0.2) is 9.78 Å². The Balaban J connectivity index is 1.74. The number of carbonyl (C=O) groups is 1. The molecule has 0 bridgehead atoms. The summed E-state index contributed by atoms with van der Waals surface area (Å²) < 4.78 is 0. The normalized spacial score (nSPS) is 10.7. The van der Waals surface area contributed by atoms with Crippen LogP contribution in [-0.4, -0.2) is 16.1 Å². The molecule has 4 aromatic rings. The molecule has 0 saturated heterocycles. The molecule has 0 fully saturated rings. The number of carboxylic acids is 1. The van der Waals surface area contributed by atoms with Crippen LogP contribution in [0.25, 0.3) is 20.7 Å². The van der Waals surface area contributed by atoms with Gasteiger partial charge in [0.2, 0.25) is 0 Å². The van der Waals surface area contributed by atoms with Crippen LogP contribution in [0.1, 0.15) is 10.4 Å². The Bertz CT molecular complexity index is 1060. The Labute approximate surface area is 147 Å². The van der Waals surface area contributed by atoms with Crippen molar-refractivity contribution in [2.45, 2.75) is 0 Å². The Morgan fingerprint density at radius 3 is 2.72 bits per heavy atom. The number of thiophene rings is 1. The van der Waals surface area contributed by atoms with Crippen molar-refractivity contribution in [3.63, 3.8) is 0 Å². The highest BCUT2D eigenvalue weighted by molar-refractivity contribution is 7.21. The number of nitrogens with zero attached hydrogens (tertiary/aromatic N) is 1. The molecule has 4 rings (SSSR count). The summed E-state index contributed by atoms with van der Waals surface area (Å²) in [5, 5.41) is 13.3. The molecule has 122 valence electrons. The lowest BCUT2D eigenvalue weighted by atomic mass is 10.2. The maximum atomic E-state index is 11.1. The number of aromatic carboxylic acids is 1. The van der Waals surface area contributed by atoms with Gasteiger partial charge in [0.15, 0.2) is 4.83 Å². The highest BCUT2D eigenvalue weighted by Gasteiger charge is 2.15. The van der Waals surface area contributed by atoms with Crippen LogP contribution >= 0.6 is 11.3 Å². The molecule has 5 nitrogen and oxygen atoms in total. The third-order valence-electron chi connectivity index (χ3n) is 3.81. The van der Waals surface area contributed by atoms with Gasteiger partial charge in [-0.15, -0.1) is 0 Å². The lowest BCUT2D eigenvalue weighted by Gasteiger charge is -2.03. The van der Waals surface area contributed by atoms with Gasteiger partial charge in [-0.05, 0) is 34.8 Å². The summed E-state index contributed by atoms with van der Waals surface area (Å²) >= 11 is 1.65. The average molecular weight is 348 g/mol. The standard InChI is InChI=1S/C19H13N3O2S/c23-19(24)13-7-4-8-14(9-13)22-17-15-10-16(12-5-2-1-3-6-12)25-18(15)21-11-20-17/h1-11H,(H,23,24)(H,20,21,22)/p+1. The maximum Gasteiger partial charge on any atom is 0.335 e. The van der Waals surface area contributed by atoms with Crippen molar-refractivity contribution in [3.05, 3.63) is 72.6 Å². The molecule has 0 radical (unpaired) electrons. The first-order valence-electron chi connectivity index (χ1n) is 7.67. The summed E-state index contributed by atoms with van der Waals surface area (Å²) in [6.45, 7) is 0. The molecule has 0 aliphatic heterocycles. The summed E-state index contributed by atoms with van der Waals surface area (Å²) in [6.07, 6.45) is 1.64. The summed E-state index contributed by atoms with van der Waals surface area (Å²) in [5.41, 5.74) is 2.07. The molecule has 2 heterocycles. The largest absolute Gasteiger partial charge is 0.478 e. The predicted octanol–water partition coefficient (Wildman–Crippen LogP) is 4.22. The van der Waals surface area contributed by atoms with Gasteiger partial charge in [-0.1, -0.05) is 47.7 Å². The zero-order valence-electron chi connectivity index (χ0n) is 13.1. The van der Waals surface area contributed by atoms with Gasteiger partial charge in [0, 0.05) is 10.6 Å². The number of fused-ring (bicyclic) bond motifs is 1. The molecule has 6 heteroatoms. The predicted molar refractivity (Wildman–Crippen MR) is 98.3 cm³/mol. The molecule has 3 N–H and O–H groups in total. The zero-order valence-corrected chi connectivity index (χ0v) is 13.9. The first-order valence-corrected chi connectivity index (χ1v) is 8.48. The fraction of sp³-hybridized carbons (Fsp3) is 0. The van der Waals surface area contributed by atoms with Crippen molar-refractivity contribution in [1.29, 1.82) is 0 Å². The smallest absolute Gasteiger partial charge is 0.335 e. The molecule has 0 saturated carbocycles. The Kier molecular flexibility index (Phi) is 3.87. The van der Waals surface area contributed by atoms with Crippen molar-refractivity contribution in [2.24, 2.45) is 0 Å². The number of aromatic amines is 1. The van der Waals surface area contributed by atoms with Gasteiger partial charge in [0.05, 0.1) is 5.56 Å². The number of aromatic nitrogens is 2. The zero-order chi connectivity index (χ0) is 17.2. The van der Waals surface area contributed by atoms with Crippen molar-refractivity contribution < 1.29 is 14.9 Å². The van der Waals surface area contributed by atoms with E-state index < -0.39 is 5.97 Å². The highest BCUT2D eigenvalue weighted by Crippen LogP contribution is 2.34. The van der Waals surface area contributed by atoms with Gasteiger partial charge >= 0.3 is 5.97 Å². The van der Waals surface area contributed by atoms with Crippen LogP contribution in [0.5, 0.6) is 0 Å². The lowest BCUT2D eigenvalue weighted by Crippen LogP contribution is -2.05. The highest BCUT2D eigenvalue weighted by atomic mass is 32.1. The number of benzene rings is 2. The number of H-pyrrole nitrogens is 1. The van der Waals surface area contributed by atoms with Crippen molar-refractivity contribution in [1.82, 2.24) is 4.98 Å². The first-order chi connectivity index (χ1) is 12.2. The Morgan fingerprint density at radius 1 is 1.08 bits per heavy atom. The maximum absolute atomic E-state index is 11.1. The van der Waals surface area contributed by atoms with E-state index in [1.807, 2.05) is 24.3 Å². The summed E-state index contributed by atoms with van der Waals surface area (Å²) in [4.78, 5) is 20.8. The van der Waals surface area contributed by atoms with Crippen LogP contribution in [0.3, 0.4) is 0 Å². The van der Waals surface area contributed by atoms with E-state index in [1.54, 1.807) is 35.9 Å². The fourth-order valence-electron chi connectivity index (χ4n) is 2.61. The van der Waals surface area contributed by atoms with Crippen molar-refractivity contribution in [3.8, 4) is 10.4 Å². The molecule has 0 atom stereocenters.